The van der Waals surface area contributed by atoms with E-state index in [2.05, 4.69) is 14.9 Å². The van der Waals surface area contributed by atoms with Crippen LogP contribution in [-0.2, 0) is 10.0 Å². The van der Waals surface area contributed by atoms with E-state index < -0.39 is 15.8 Å². The molecule has 0 aliphatic carbocycles. The summed E-state index contributed by atoms with van der Waals surface area (Å²) in [4.78, 5) is -0.273. The lowest BCUT2D eigenvalue weighted by Crippen LogP contribution is -2.14. The molecule has 8 heteroatoms. The number of aromatic nitrogens is 2. The van der Waals surface area contributed by atoms with Crippen LogP contribution >= 0.6 is 0 Å². The number of nitrogens with zero attached hydrogens (tertiary/aromatic N) is 2. The van der Waals surface area contributed by atoms with Crippen LogP contribution in [0.1, 0.15) is 0 Å². The molecule has 0 amide bonds. The van der Waals surface area contributed by atoms with Crippen molar-refractivity contribution in [2.75, 3.05) is 10.5 Å². The van der Waals surface area contributed by atoms with Gasteiger partial charge in [-0.2, -0.15) is 5.10 Å². The predicted octanol–water partition coefficient (Wildman–Crippen LogP) is 0.999. The monoisotopic (exact) mass is 268 g/mol. The zero-order valence-corrected chi connectivity index (χ0v) is 9.86. The summed E-state index contributed by atoms with van der Waals surface area (Å²) in [7, 11) is -3.93. The summed E-state index contributed by atoms with van der Waals surface area (Å²) in [5, 5.41) is 7.09. The predicted molar refractivity (Wildman–Crippen MR) is 63.7 cm³/mol. The topological polar surface area (TPSA) is 98.0 Å². The molecule has 2 rings (SSSR count). The van der Waals surface area contributed by atoms with Crippen LogP contribution in [0.15, 0.2) is 41.4 Å². The number of rotatable bonds is 3. The van der Waals surface area contributed by atoms with Crippen molar-refractivity contribution in [2.24, 2.45) is 0 Å². The first-order chi connectivity index (χ1) is 8.47. The first-order valence-corrected chi connectivity index (χ1v) is 6.32. The van der Waals surface area contributed by atoms with Crippen molar-refractivity contribution in [1.29, 1.82) is 0 Å². The minimum absolute atomic E-state index is 0.0227. The Hall–Kier alpha value is -2.22. The largest absolute Gasteiger partial charge is 0.399 e. The lowest BCUT2D eigenvalue weighted by molar-refractivity contribution is 0.595. The van der Waals surface area contributed by atoms with E-state index in [-0.39, 0.29) is 16.4 Å². The van der Waals surface area contributed by atoms with Gasteiger partial charge in [0.15, 0.2) is 5.82 Å². The number of nitrogens with one attached hydrogen (secondary N) is 1. The van der Waals surface area contributed by atoms with E-state index >= 15 is 0 Å². The summed E-state index contributed by atoms with van der Waals surface area (Å²) < 4.78 is 39.1. The first kappa shape index (κ1) is 12.2. The third-order valence-electron chi connectivity index (χ3n) is 2.02. The van der Waals surface area contributed by atoms with Crippen molar-refractivity contribution < 1.29 is 12.8 Å². The second-order valence-corrected chi connectivity index (χ2v) is 5.12. The van der Waals surface area contributed by atoms with Gasteiger partial charge in [0.2, 0.25) is 0 Å². The van der Waals surface area contributed by atoms with Gasteiger partial charge in [0.1, 0.15) is 5.82 Å². The molecule has 1 aromatic carbocycles. The zero-order chi connectivity index (χ0) is 13.2. The van der Waals surface area contributed by atoms with Crippen molar-refractivity contribution in [1.82, 2.24) is 10.2 Å². The summed E-state index contributed by atoms with van der Waals surface area (Å²) in [6.07, 6.45) is 1.40. The average molecular weight is 268 g/mol. The molecule has 0 fully saturated rings. The van der Waals surface area contributed by atoms with E-state index in [9.17, 15) is 12.8 Å². The van der Waals surface area contributed by atoms with Gasteiger partial charge in [0.05, 0.1) is 4.90 Å². The molecule has 0 aliphatic heterocycles. The Morgan fingerprint density at radius 3 is 2.67 bits per heavy atom. The van der Waals surface area contributed by atoms with Crippen LogP contribution in [-0.4, -0.2) is 18.6 Å². The smallest absolute Gasteiger partial charge is 0.263 e. The highest BCUT2D eigenvalue weighted by Crippen LogP contribution is 2.18. The van der Waals surface area contributed by atoms with Gasteiger partial charge in [0.25, 0.3) is 10.0 Å². The number of sulfonamides is 1. The minimum atomic E-state index is -3.93. The third kappa shape index (κ3) is 2.72. The van der Waals surface area contributed by atoms with Gasteiger partial charge >= 0.3 is 0 Å². The van der Waals surface area contributed by atoms with Gasteiger partial charge in [-0.15, -0.1) is 5.10 Å². The molecule has 3 N–H and O–H groups in total. The van der Waals surface area contributed by atoms with E-state index in [0.717, 1.165) is 18.2 Å². The fraction of sp³-hybridized carbons (Fsp3) is 0. The maximum absolute atomic E-state index is 13.1. The van der Waals surface area contributed by atoms with Gasteiger partial charge in [-0.1, -0.05) is 0 Å². The van der Waals surface area contributed by atoms with Crippen molar-refractivity contribution in [3.8, 4) is 0 Å². The summed E-state index contributed by atoms with van der Waals surface area (Å²) in [6.45, 7) is 0. The lowest BCUT2D eigenvalue weighted by atomic mass is 10.3. The van der Waals surface area contributed by atoms with Gasteiger partial charge < -0.3 is 5.73 Å². The van der Waals surface area contributed by atoms with E-state index in [1.165, 1.54) is 18.3 Å². The molecule has 0 aliphatic rings. The van der Waals surface area contributed by atoms with Gasteiger partial charge in [0, 0.05) is 11.9 Å². The van der Waals surface area contributed by atoms with Crippen LogP contribution in [0.25, 0.3) is 0 Å². The van der Waals surface area contributed by atoms with Crippen molar-refractivity contribution in [2.45, 2.75) is 4.90 Å². The van der Waals surface area contributed by atoms with Crippen LogP contribution in [0.5, 0.6) is 0 Å². The highest BCUT2D eigenvalue weighted by Gasteiger charge is 2.16. The van der Waals surface area contributed by atoms with Crippen LogP contribution in [0.2, 0.25) is 0 Å². The highest BCUT2D eigenvalue weighted by atomic mass is 32.2. The Bertz CT molecular complexity index is 641. The quantitative estimate of drug-likeness (QED) is 0.809. The summed E-state index contributed by atoms with van der Waals surface area (Å²) in [6, 6.07) is 6.00. The summed E-state index contributed by atoms with van der Waals surface area (Å²) >= 11 is 0. The van der Waals surface area contributed by atoms with Gasteiger partial charge in [-0.3, -0.25) is 4.72 Å². The number of nitrogen functional groups attached to an aromatic ring is 1. The molecule has 0 spiro atoms. The van der Waals surface area contributed by atoms with Crippen LogP contribution in [0.3, 0.4) is 0 Å². The number of halogens is 1. The fourth-order valence-corrected chi connectivity index (χ4v) is 2.35. The van der Waals surface area contributed by atoms with Gasteiger partial charge in [-0.05, 0) is 30.3 Å². The Morgan fingerprint density at radius 1 is 1.28 bits per heavy atom. The number of benzene rings is 1. The second kappa shape index (κ2) is 4.57. The van der Waals surface area contributed by atoms with Crippen molar-refractivity contribution >= 4 is 21.5 Å². The third-order valence-corrected chi connectivity index (χ3v) is 3.35. The van der Waals surface area contributed by atoms with Gasteiger partial charge in [-0.25, -0.2) is 12.8 Å². The van der Waals surface area contributed by atoms with E-state index in [0.29, 0.717) is 0 Å². The molecular formula is C10H9FN4O2S. The summed E-state index contributed by atoms with van der Waals surface area (Å²) in [5.41, 5.74) is 5.41. The number of hydrogen-bond acceptors (Lipinski definition) is 5. The number of hydrogen-bond donors (Lipinski definition) is 2. The molecule has 18 heavy (non-hydrogen) atoms. The lowest BCUT2D eigenvalue weighted by Gasteiger charge is -2.07. The molecule has 0 saturated heterocycles. The van der Waals surface area contributed by atoms with Crippen molar-refractivity contribution in [3.63, 3.8) is 0 Å². The molecule has 2 aromatic rings. The molecular weight excluding hydrogens is 259 g/mol. The zero-order valence-electron chi connectivity index (χ0n) is 9.04. The van der Waals surface area contributed by atoms with Crippen LogP contribution in [0.4, 0.5) is 15.9 Å². The van der Waals surface area contributed by atoms with Crippen LogP contribution < -0.4 is 10.5 Å². The maximum Gasteiger partial charge on any atom is 0.263 e. The summed E-state index contributed by atoms with van der Waals surface area (Å²) in [5.74, 6) is -0.685. The molecule has 0 unspecified atom stereocenters. The average Bonchev–Trinajstić information content (AvgIpc) is 2.28. The Balaban J connectivity index is 2.37. The van der Waals surface area contributed by atoms with Crippen molar-refractivity contribution in [3.05, 3.63) is 42.3 Å². The van der Waals surface area contributed by atoms with E-state index in [4.69, 9.17) is 5.73 Å². The minimum Gasteiger partial charge on any atom is -0.399 e. The second-order valence-electron chi connectivity index (χ2n) is 3.43. The molecule has 1 heterocycles. The molecule has 0 saturated carbocycles. The normalized spacial score (nSPS) is 11.2. The Labute approximate surface area is 103 Å². The molecule has 94 valence electrons. The van der Waals surface area contributed by atoms with E-state index in [1.54, 1.807) is 0 Å². The standard InChI is InChI=1S/C10H9FN4O2S/c11-7-4-8(12)6-9(5-7)18(16,17)15-10-2-1-3-13-14-10/h1-6H,12H2,(H,14,15). The fourth-order valence-electron chi connectivity index (χ4n) is 1.29. The first-order valence-electron chi connectivity index (χ1n) is 4.84. The molecule has 0 radical (unpaired) electrons. The SMILES string of the molecule is Nc1cc(F)cc(S(=O)(=O)Nc2cccnn2)c1. The number of anilines is 2. The molecule has 0 atom stereocenters. The molecule has 6 nitrogen and oxygen atoms in total. The number of nitrogens with two attached hydrogens (primary N) is 1. The highest BCUT2D eigenvalue weighted by molar-refractivity contribution is 7.92. The molecule has 0 bridgehead atoms. The Kier molecular flexibility index (Phi) is 3.11. The molecule has 1 aromatic heterocycles. The van der Waals surface area contributed by atoms with E-state index in [1.807, 2.05) is 0 Å². The Morgan fingerprint density at radius 2 is 2.06 bits per heavy atom. The maximum atomic E-state index is 13.1. The van der Waals surface area contributed by atoms with Crippen LogP contribution in [0, 0.1) is 5.82 Å².